The van der Waals surface area contributed by atoms with Crippen molar-refractivity contribution in [2.45, 2.75) is 148 Å². The van der Waals surface area contributed by atoms with E-state index >= 15 is 0 Å². The largest absolute Gasteiger partial charge is 0.472 e. The Morgan fingerprint density at radius 3 is 1.84 bits per heavy atom. The average molecular weight is 632 g/mol. The van der Waals surface area contributed by atoms with Crippen LogP contribution in [0.5, 0.6) is 0 Å². The van der Waals surface area contributed by atoms with Gasteiger partial charge in [0.1, 0.15) is 13.2 Å². The molecule has 3 atom stereocenters. The first-order chi connectivity index (χ1) is 20.5. The summed E-state index contributed by atoms with van der Waals surface area (Å²) in [4.78, 5) is 22.8. The third-order valence-electron chi connectivity index (χ3n) is 7.48. The molecule has 0 rings (SSSR count). The van der Waals surface area contributed by atoms with E-state index in [1.165, 1.54) is 83.5 Å². The summed E-state index contributed by atoms with van der Waals surface area (Å²) in [5.41, 5.74) is 0. The van der Waals surface area contributed by atoms with Crippen LogP contribution in [-0.2, 0) is 18.4 Å². The summed E-state index contributed by atoms with van der Waals surface area (Å²) in [6, 6.07) is -0.870. The molecule has 3 N–H and O–H groups in total. The fraction of sp³-hybridized carbons (Fsp3) is 0.853. The van der Waals surface area contributed by atoms with Gasteiger partial charge in [0.05, 0.1) is 39.9 Å². The number of nitrogens with one attached hydrogen (secondary N) is 1. The highest BCUT2D eigenvalue weighted by Crippen LogP contribution is 2.43. The highest BCUT2D eigenvalue weighted by molar-refractivity contribution is 7.47. The van der Waals surface area contributed by atoms with Gasteiger partial charge >= 0.3 is 7.82 Å². The first-order valence-electron chi connectivity index (χ1n) is 17.2. The van der Waals surface area contributed by atoms with Gasteiger partial charge in [-0.25, -0.2) is 4.57 Å². The van der Waals surface area contributed by atoms with Gasteiger partial charge in [-0.3, -0.25) is 13.8 Å². The first-order valence-corrected chi connectivity index (χ1v) is 18.7. The predicted molar refractivity (Wildman–Crippen MR) is 180 cm³/mol. The number of aliphatic hydroxyl groups excluding tert-OH is 1. The van der Waals surface area contributed by atoms with E-state index < -0.39 is 20.0 Å². The molecule has 1 unspecified atom stereocenters. The third-order valence-corrected chi connectivity index (χ3v) is 8.46. The van der Waals surface area contributed by atoms with E-state index in [2.05, 4.69) is 25.2 Å². The van der Waals surface area contributed by atoms with Crippen molar-refractivity contribution in [3.8, 4) is 0 Å². The molecule has 0 spiro atoms. The standard InChI is InChI=1S/C34H67N2O6P/c1-6-8-10-12-14-16-18-20-22-24-26-28-34(38)35-32(31-42-43(39,40)41-30-29-36(3,4)5)33(37)27-25-23-21-19-17-15-13-11-9-7-2/h21,23,25,27,32-33,37H,6-20,22,24,26,28-31H2,1-5H3,(H-,35,38,39,40)/p+1/b23-21+,27-25+/t32-,33+/m0/s1. The van der Waals surface area contributed by atoms with E-state index in [0.29, 0.717) is 17.4 Å². The van der Waals surface area contributed by atoms with Crippen LogP contribution in [0, 0.1) is 0 Å². The molecule has 0 aromatic rings. The van der Waals surface area contributed by atoms with Gasteiger partial charge in [0.15, 0.2) is 0 Å². The minimum Gasteiger partial charge on any atom is -0.387 e. The number of hydrogen-bond donors (Lipinski definition) is 3. The third kappa shape index (κ3) is 29.5. The molecule has 0 radical (unpaired) electrons. The molecule has 0 heterocycles. The molecule has 0 bridgehead atoms. The molecule has 0 aliphatic carbocycles. The molecular weight excluding hydrogens is 563 g/mol. The Morgan fingerprint density at radius 2 is 1.30 bits per heavy atom. The number of allylic oxidation sites excluding steroid dienone is 3. The van der Waals surface area contributed by atoms with Gasteiger partial charge in [-0.05, 0) is 19.3 Å². The van der Waals surface area contributed by atoms with Gasteiger partial charge in [-0.15, -0.1) is 0 Å². The molecule has 8 nitrogen and oxygen atoms in total. The zero-order valence-corrected chi connectivity index (χ0v) is 29.3. The van der Waals surface area contributed by atoms with Crippen LogP contribution in [0.1, 0.15) is 136 Å². The minimum absolute atomic E-state index is 0.0546. The van der Waals surface area contributed by atoms with Crippen LogP contribution in [0.15, 0.2) is 24.3 Å². The van der Waals surface area contributed by atoms with Crippen molar-refractivity contribution in [1.82, 2.24) is 5.32 Å². The number of likely N-dealkylation sites (N-methyl/N-ethyl adjacent to an activating group) is 1. The quantitative estimate of drug-likeness (QED) is 0.0319. The lowest BCUT2D eigenvalue weighted by Crippen LogP contribution is -2.45. The molecule has 9 heteroatoms. The fourth-order valence-electron chi connectivity index (χ4n) is 4.63. The van der Waals surface area contributed by atoms with Gasteiger partial charge in [0.25, 0.3) is 0 Å². The van der Waals surface area contributed by atoms with Gasteiger partial charge in [-0.1, -0.05) is 134 Å². The van der Waals surface area contributed by atoms with Crippen molar-refractivity contribution in [2.75, 3.05) is 40.9 Å². The molecule has 43 heavy (non-hydrogen) atoms. The second-order valence-electron chi connectivity index (χ2n) is 12.9. The molecule has 0 saturated heterocycles. The summed E-state index contributed by atoms with van der Waals surface area (Å²) in [6.07, 6.45) is 28.2. The van der Waals surface area contributed by atoms with Crippen molar-refractivity contribution < 1.29 is 32.9 Å². The lowest BCUT2D eigenvalue weighted by atomic mass is 10.0. The van der Waals surface area contributed by atoms with E-state index in [-0.39, 0.29) is 19.1 Å². The topological polar surface area (TPSA) is 105 Å². The van der Waals surface area contributed by atoms with Crippen LogP contribution in [0.2, 0.25) is 0 Å². The van der Waals surface area contributed by atoms with Crippen molar-refractivity contribution in [3.63, 3.8) is 0 Å². The van der Waals surface area contributed by atoms with Crippen molar-refractivity contribution in [2.24, 2.45) is 0 Å². The average Bonchev–Trinajstić information content (AvgIpc) is 2.94. The van der Waals surface area contributed by atoms with Gasteiger partial charge < -0.3 is 19.8 Å². The smallest absolute Gasteiger partial charge is 0.387 e. The maximum atomic E-state index is 12.7. The molecule has 0 fully saturated rings. The van der Waals surface area contributed by atoms with Crippen LogP contribution in [-0.4, -0.2) is 73.4 Å². The monoisotopic (exact) mass is 631 g/mol. The van der Waals surface area contributed by atoms with Crippen molar-refractivity contribution in [3.05, 3.63) is 24.3 Å². The lowest BCUT2D eigenvalue weighted by Gasteiger charge is -2.25. The van der Waals surface area contributed by atoms with E-state index in [4.69, 9.17) is 9.05 Å². The van der Waals surface area contributed by atoms with Gasteiger partial charge in [0, 0.05) is 6.42 Å². The maximum Gasteiger partial charge on any atom is 0.472 e. The van der Waals surface area contributed by atoms with Crippen LogP contribution >= 0.6 is 7.82 Å². The van der Waals surface area contributed by atoms with E-state index in [9.17, 15) is 19.4 Å². The SMILES string of the molecule is CCCCCCCC/C=C/C=C/[C@@H](O)[C@H](COP(=O)(O)OCC[N+](C)(C)C)NC(=O)CCCCCCCCCCCCC. The molecule has 0 aliphatic heterocycles. The van der Waals surface area contributed by atoms with E-state index in [0.717, 1.165) is 32.1 Å². The number of phosphoric acid groups is 1. The Hall–Kier alpha value is -1.02. The number of phosphoric ester groups is 1. The number of rotatable bonds is 30. The number of carbonyl (C=O) groups excluding carboxylic acids is 1. The molecule has 0 aromatic carbocycles. The second-order valence-corrected chi connectivity index (χ2v) is 14.4. The number of hydrogen-bond acceptors (Lipinski definition) is 5. The Labute approximate surface area is 264 Å². The van der Waals surface area contributed by atoms with Crippen LogP contribution in [0.3, 0.4) is 0 Å². The fourth-order valence-corrected chi connectivity index (χ4v) is 5.36. The zero-order valence-electron chi connectivity index (χ0n) is 28.4. The number of carbonyl (C=O) groups is 1. The highest BCUT2D eigenvalue weighted by atomic mass is 31.2. The zero-order chi connectivity index (χ0) is 32.2. The Morgan fingerprint density at radius 1 is 0.791 bits per heavy atom. The maximum absolute atomic E-state index is 12.7. The van der Waals surface area contributed by atoms with E-state index in [1.807, 2.05) is 27.2 Å². The molecule has 254 valence electrons. The van der Waals surface area contributed by atoms with Crippen LogP contribution in [0.4, 0.5) is 0 Å². The summed E-state index contributed by atoms with van der Waals surface area (Å²) < 4.78 is 23.3. The Kier molecular flexibility index (Phi) is 26.7. The highest BCUT2D eigenvalue weighted by Gasteiger charge is 2.27. The summed E-state index contributed by atoms with van der Waals surface area (Å²) in [7, 11) is 1.54. The van der Waals surface area contributed by atoms with Crippen molar-refractivity contribution >= 4 is 13.7 Å². The Bertz CT molecular complexity index is 768. The molecule has 0 saturated carbocycles. The minimum atomic E-state index is -4.33. The summed E-state index contributed by atoms with van der Waals surface area (Å²) in [5, 5.41) is 13.6. The lowest BCUT2D eigenvalue weighted by molar-refractivity contribution is -0.870. The molecule has 1 amide bonds. The number of unbranched alkanes of at least 4 members (excludes halogenated alkanes) is 16. The van der Waals surface area contributed by atoms with E-state index in [1.54, 1.807) is 12.2 Å². The first kappa shape index (κ1) is 42.0. The second kappa shape index (κ2) is 27.3. The van der Waals surface area contributed by atoms with Gasteiger partial charge in [-0.2, -0.15) is 0 Å². The number of nitrogens with zero attached hydrogens (tertiary/aromatic N) is 1. The van der Waals surface area contributed by atoms with Crippen LogP contribution in [0.25, 0.3) is 0 Å². The normalized spacial score (nSPS) is 15.2. The predicted octanol–water partition coefficient (Wildman–Crippen LogP) is 8.24. The summed E-state index contributed by atoms with van der Waals surface area (Å²) in [6.45, 7) is 4.70. The molecule has 0 aromatic heterocycles. The number of amides is 1. The number of quaternary nitrogens is 1. The summed E-state index contributed by atoms with van der Waals surface area (Å²) >= 11 is 0. The number of aliphatic hydroxyl groups is 1. The summed E-state index contributed by atoms with van der Waals surface area (Å²) in [5.74, 6) is -0.200. The van der Waals surface area contributed by atoms with Crippen molar-refractivity contribution in [1.29, 1.82) is 0 Å². The Balaban J connectivity index is 4.67. The molecular formula is C34H68N2O6P+. The van der Waals surface area contributed by atoms with Gasteiger partial charge in [0.2, 0.25) is 5.91 Å². The van der Waals surface area contributed by atoms with Crippen LogP contribution < -0.4 is 5.32 Å². The molecule has 0 aliphatic rings.